The van der Waals surface area contributed by atoms with Crippen molar-refractivity contribution in [2.75, 3.05) is 37.6 Å². The average Bonchev–Trinajstić information content (AvgIpc) is 2.66. The molecule has 0 radical (unpaired) electrons. The van der Waals surface area contributed by atoms with Gasteiger partial charge in [0.25, 0.3) is 5.91 Å². The lowest BCUT2D eigenvalue weighted by molar-refractivity contribution is -0.130. The van der Waals surface area contributed by atoms with E-state index in [1.807, 2.05) is 24.3 Å². The van der Waals surface area contributed by atoms with Gasteiger partial charge in [0.1, 0.15) is 5.82 Å². The minimum absolute atomic E-state index is 0.0638. The van der Waals surface area contributed by atoms with E-state index in [2.05, 4.69) is 10.2 Å². The summed E-state index contributed by atoms with van der Waals surface area (Å²) in [5, 5.41) is 3.16. The Hall–Kier alpha value is -2.60. The lowest BCUT2D eigenvalue weighted by Gasteiger charge is -2.36. The zero-order chi connectivity index (χ0) is 18.5. The fourth-order valence-corrected chi connectivity index (χ4v) is 3.08. The number of rotatable bonds is 4. The minimum atomic E-state index is -0.604. The van der Waals surface area contributed by atoms with Crippen LogP contribution in [0.4, 0.5) is 10.1 Å². The van der Waals surface area contributed by atoms with E-state index in [0.717, 1.165) is 5.69 Å². The molecule has 0 bridgehead atoms. The maximum atomic E-state index is 13.6. The number of nitrogens with one attached hydrogen (secondary N) is 1. The number of anilines is 1. The maximum absolute atomic E-state index is 13.6. The van der Waals surface area contributed by atoms with Crippen LogP contribution >= 0.6 is 11.6 Å². The predicted molar refractivity (Wildman–Crippen MR) is 99.0 cm³/mol. The summed E-state index contributed by atoms with van der Waals surface area (Å²) < 4.78 is 13.6. The lowest BCUT2D eigenvalue weighted by atomic mass is 10.2. The van der Waals surface area contributed by atoms with Gasteiger partial charge in [0.15, 0.2) is 0 Å². The van der Waals surface area contributed by atoms with Gasteiger partial charge in [-0.15, -0.1) is 0 Å². The number of benzene rings is 2. The van der Waals surface area contributed by atoms with Crippen LogP contribution in [0.1, 0.15) is 10.4 Å². The van der Waals surface area contributed by atoms with Gasteiger partial charge in [-0.1, -0.05) is 29.8 Å². The van der Waals surface area contributed by atoms with Crippen LogP contribution in [-0.2, 0) is 4.79 Å². The van der Waals surface area contributed by atoms with Gasteiger partial charge in [0, 0.05) is 36.9 Å². The summed E-state index contributed by atoms with van der Waals surface area (Å²) in [5.41, 5.74) is 0.962. The van der Waals surface area contributed by atoms with Gasteiger partial charge >= 0.3 is 0 Å². The van der Waals surface area contributed by atoms with Gasteiger partial charge in [-0.05, 0) is 30.3 Å². The maximum Gasteiger partial charge on any atom is 0.254 e. The molecule has 0 aliphatic carbocycles. The molecule has 7 heteroatoms. The van der Waals surface area contributed by atoms with Gasteiger partial charge in [0.2, 0.25) is 5.91 Å². The van der Waals surface area contributed by atoms with Gasteiger partial charge in [-0.2, -0.15) is 0 Å². The molecule has 3 rings (SSSR count). The molecule has 0 saturated carbocycles. The Morgan fingerprint density at radius 2 is 1.77 bits per heavy atom. The molecule has 2 amide bonds. The summed E-state index contributed by atoms with van der Waals surface area (Å²) in [4.78, 5) is 28.1. The van der Waals surface area contributed by atoms with Crippen molar-refractivity contribution >= 4 is 29.1 Å². The van der Waals surface area contributed by atoms with Crippen molar-refractivity contribution in [3.63, 3.8) is 0 Å². The first-order valence-corrected chi connectivity index (χ1v) is 8.73. The standard InChI is InChI=1S/C19H19ClFN3O2/c20-14-4-3-5-15(12-14)23-8-10-24(11-9-23)18(25)13-22-19(26)16-6-1-2-7-17(16)21/h1-7,12H,8-11,13H2,(H,22,26). The summed E-state index contributed by atoms with van der Waals surface area (Å²) in [6, 6.07) is 13.3. The van der Waals surface area contributed by atoms with Crippen molar-refractivity contribution in [1.29, 1.82) is 0 Å². The quantitative estimate of drug-likeness (QED) is 0.893. The Balaban J connectivity index is 1.49. The lowest BCUT2D eigenvalue weighted by Crippen LogP contribution is -2.51. The van der Waals surface area contributed by atoms with Crippen LogP contribution in [0.3, 0.4) is 0 Å². The summed E-state index contributed by atoms with van der Waals surface area (Å²) in [5.74, 6) is -1.37. The molecule has 136 valence electrons. The van der Waals surface area contributed by atoms with Crippen molar-refractivity contribution in [1.82, 2.24) is 10.2 Å². The van der Waals surface area contributed by atoms with Crippen LogP contribution in [0.2, 0.25) is 5.02 Å². The van der Waals surface area contributed by atoms with Crippen molar-refractivity contribution in [2.45, 2.75) is 0 Å². The van der Waals surface area contributed by atoms with Crippen molar-refractivity contribution in [3.8, 4) is 0 Å². The minimum Gasteiger partial charge on any atom is -0.368 e. The number of hydrogen-bond acceptors (Lipinski definition) is 3. The summed E-state index contributed by atoms with van der Waals surface area (Å²) in [7, 11) is 0. The Labute approximate surface area is 156 Å². The molecule has 2 aromatic carbocycles. The highest BCUT2D eigenvalue weighted by Gasteiger charge is 2.22. The molecule has 0 atom stereocenters. The summed E-state index contributed by atoms with van der Waals surface area (Å²) in [6.45, 7) is 2.34. The van der Waals surface area contributed by atoms with Crippen LogP contribution in [0.5, 0.6) is 0 Å². The Bertz CT molecular complexity index is 807. The third-order valence-corrected chi connectivity index (χ3v) is 4.56. The van der Waals surface area contributed by atoms with Gasteiger partial charge in [0.05, 0.1) is 12.1 Å². The monoisotopic (exact) mass is 375 g/mol. The fourth-order valence-electron chi connectivity index (χ4n) is 2.90. The zero-order valence-electron chi connectivity index (χ0n) is 14.1. The van der Waals surface area contributed by atoms with E-state index < -0.39 is 11.7 Å². The zero-order valence-corrected chi connectivity index (χ0v) is 14.9. The smallest absolute Gasteiger partial charge is 0.254 e. The van der Waals surface area contributed by atoms with E-state index in [9.17, 15) is 14.0 Å². The molecule has 0 aromatic heterocycles. The third-order valence-electron chi connectivity index (χ3n) is 4.32. The van der Waals surface area contributed by atoms with E-state index in [-0.39, 0.29) is 18.0 Å². The topological polar surface area (TPSA) is 52.7 Å². The molecule has 26 heavy (non-hydrogen) atoms. The Kier molecular flexibility index (Phi) is 5.73. The second-order valence-electron chi connectivity index (χ2n) is 6.01. The highest BCUT2D eigenvalue weighted by atomic mass is 35.5. The normalized spacial score (nSPS) is 14.2. The van der Waals surface area contributed by atoms with Gasteiger partial charge < -0.3 is 15.1 Å². The Morgan fingerprint density at radius 3 is 2.46 bits per heavy atom. The number of halogens is 2. The molecule has 1 N–H and O–H groups in total. The predicted octanol–water partition coefficient (Wildman–Crippen LogP) is 2.56. The Morgan fingerprint density at radius 1 is 1.04 bits per heavy atom. The number of hydrogen-bond donors (Lipinski definition) is 1. The van der Waals surface area contributed by atoms with E-state index >= 15 is 0 Å². The van der Waals surface area contributed by atoms with Crippen LogP contribution in [0.15, 0.2) is 48.5 Å². The van der Waals surface area contributed by atoms with E-state index in [4.69, 9.17) is 11.6 Å². The molecule has 2 aromatic rings. The molecular weight excluding hydrogens is 357 g/mol. The molecule has 1 fully saturated rings. The van der Waals surface area contributed by atoms with Crippen LogP contribution in [0.25, 0.3) is 0 Å². The molecule has 0 spiro atoms. The van der Waals surface area contributed by atoms with Gasteiger partial charge in [-0.25, -0.2) is 4.39 Å². The van der Waals surface area contributed by atoms with E-state index in [0.29, 0.717) is 31.2 Å². The van der Waals surface area contributed by atoms with E-state index in [1.54, 1.807) is 11.0 Å². The highest BCUT2D eigenvalue weighted by Crippen LogP contribution is 2.20. The summed E-state index contributed by atoms with van der Waals surface area (Å²) >= 11 is 6.02. The molecule has 1 aliphatic rings. The fraction of sp³-hybridized carbons (Fsp3) is 0.263. The second-order valence-corrected chi connectivity index (χ2v) is 6.45. The average molecular weight is 376 g/mol. The summed E-state index contributed by atoms with van der Waals surface area (Å²) in [6.07, 6.45) is 0. The highest BCUT2D eigenvalue weighted by molar-refractivity contribution is 6.30. The van der Waals surface area contributed by atoms with Crippen molar-refractivity contribution < 1.29 is 14.0 Å². The first-order chi connectivity index (χ1) is 12.5. The molecule has 1 saturated heterocycles. The first kappa shape index (κ1) is 18.2. The number of carbonyl (C=O) groups excluding carboxylic acids is 2. The number of amides is 2. The first-order valence-electron chi connectivity index (χ1n) is 8.35. The van der Waals surface area contributed by atoms with Gasteiger partial charge in [-0.3, -0.25) is 9.59 Å². The molecule has 1 aliphatic heterocycles. The molecule has 5 nitrogen and oxygen atoms in total. The van der Waals surface area contributed by atoms with E-state index in [1.165, 1.54) is 18.2 Å². The van der Waals surface area contributed by atoms with Crippen LogP contribution in [-0.4, -0.2) is 49.4 Å². The molecule has 0 unspecified atom stereocenters. The van der Waals surface area contributed by atoms with Crippen molar-refractivity contribution in [3.05, 3.63) is 64.9 Å². The third kappa shape index (κ3) is 4.32. The molecule has 1 heterocycles. The number of piperazine rings is 1. The largest absolute Gasteiger partial charge is 0.368 e. The number of carbonyl (C=O) groups is 2. The number of nitrogens with zero attached hydrogens (tertiary/aromatic N) is 2. The SMILES string of the molecule is O=C(NCC(=O)N1CCN(c2cccc(Cl)c2)CC1)c1ccccc1F. The van der Waals surface area contributed by atoms with Crippen LogP contribution < -0.4 is 10.2 Å². The van der Waals surface area contributed by atoms with Crippen molar-refractivity contribution in [2.24, 2.45) is 0 Å². The molecular formula is C19H19ClFN3O2. The van der Waals surface area contributed by atoms with Crippen LogP contribution in [0, 0.1) is 5.82 Å². The second kappa shape index (κ2) is 8.19.